The maximum absolute atomic E-state index is 12.5. The predicted molar refractivity (Wildman–Crippen MR) is 98.3 cm³/mol. The van der Waals surface area contributed by atoms with Gasteiger partial charge in [0.05, 0.1) is 18.1 Å². The number of nitrogens with zero attached hydrogens (tertiary/aromatic N) is 3. The number of ether oxygens (including phenoxy) is 1. The van der Waals surface area contributed by atoms with Crippen LogP contribution in [-0.2, 0) is 4.74 Å². The highest BCUT2D eigenvalue weighted by molar-refractivity contribution is 6.07. The van der Waals surface area contributed by atoms with Crippen LogP contribution in [0.4, 0.5) is 5.82 Å². The third-order valence-electron chi connectivity index (χ3n) is 4.76. The van der Waals surface area contributed by atoms with Gasteiger partial charge in [-0.2, -0.15) is 0 Å². The molecule has 140 valence electrons. The lowest BCUT2D eigenvalue weighted by molar-refractivity contribution is -0.0430. The minimum Gasteiger partial charge on any atom is -0.394 e. The third kappa shape index (κ3) is 3.18. The van der Waals surface area contributed by atoms with Crippen LogP contribution in [0.1, 0.15) is 28.6 Å². The zero-order chi connectivity index (χ0) is 19.0. The van der Waals surface area contributed by atoms with E-state index in [1.165, 1.54) is 6.33 Å². The maximum atomic E-state index is 12.5. The first-order valence-corrected chi connectivity index (χ1v) is 8.71. The van der Waals surface area contributed by atoms with Crippen molar-refractivity contribution in [3.05, 3.63) is 54.0 Å². The van der Waals surface area contributed by atoms with Gasteiger partial charge in [0.1, 0.15) is 30.1 Å². The van der Waals surface area contributed by atoms with Crippen LogP contribution in [0.15, 0.2) is 42.9 Å². The Morgan fingerprint density at radius 1 is 1.33 bits per heavy atom. The van der Waals surface area contributed by atoms with Crippen molar-refractivity contribution in [1.29, 1.82) is 0 Å². The van der Waals surface area contributed by atoms with Gasteiger partial charge in [-0.25, -0.2) is 9.97 Å². The van der Waals surface area contributed by atoms with E-state index < -0.39 is 18.4 Å². The molecule has 2 aromatic heterocycles. The van der Waals surface area contributed by atoms with Gasteiger partial charge in [0.25, 0.3) is 5.91 Å². The molecule has 1 saturated heterocycles. The zero-order valence-electron chi connectivity index (χ0n) is 14.7. The molecule has 3 N–H and O–H groups in total. The van der Waals surface area contributed by atoms with Gasteiger partial charge in [0.2, 0.25) is 0 Å². The van der Waals surface area contributed by atoms with Crippen LogP contribution < -0.4 is 5.32 Å². The molecule has 1 fully saturated rings. The molecule has 3 atom stereocenters. The molecule has 1 aliphatic rings. The van der Waals surface area contributed by atoms with Crippen molar-refractivity contribution in [3.8, 4) is 0 Å². The number of aliphatic hydroxyl groups excluding tert-OH is 2. The number of benzene rings is 1. The number of carbonyl (C=O) groups is 1. The largest absolute Gasteiger partial charge is 0.394 e. The Balaban J connectivity index is 1.68. The molecule has 3 aromatic rings. The molecule has 0 unspecified atom stereocenters. The third-order valence-corrected chi connectivity index (χ3v) is 4.76. The van der Waals surface area contributed by atoms with E-state index in [1.54, 1.807) is 24.3 Å². The first-order valence-electron chi connectivity index (χ1n) is 8.71. The Kier molecular flexibility index (Phi) is 4.61. The molecule has 0 spiro atoms. The second-order valence-electron chi connectivity index (χ2n) is 6.58. The van der Waals surface area contributed by atoms with Crippen molar-refractivity contribution in [2.45, 2.75) is 31.8 Å². The highest BCUT2D eigenvalue weighted by atomic mass is 16.5. The number of hydrogen-bond donors (Lipinski definition) is 3. The molecule has 1 aromatic carbocycles. The van der Waals surface area contributed by atoms with Gasteiger partial charge in [0.15, 0.2) is 0 Å². The number of anilines is 1. The lowest BCUT2D eigenvalue weighted by Gasteiger charge is -2.14. The molecular formula is C19H20N4O4. The zero-order valence-corrected chi connectivity index (χ0v) is 14.7. The van der Waals surface area contributed by atoms with E-state index in [9.17, 15) is 15.0 Å². The summed E-state index contributed by atoms with van der Waals surface area (Å²) < 4.78 is 7.54. The van der Waals surface area contributed by atoms with Crippen molar-refractivity contribution < 1.29 is 19.7 Å². The summed E-state index contributed by atoms with van der Waals surface area (Å²) in [6.45, 7) is 1.65. The van der Waals surface area contributed by atoms with Gasteiger partial charge >= 0.3 is 0 Å². The summed E-state index contributed by atoms with van der Waals surface area (Å²) in [5.74, 6) is 0.165. The fraction of sp³-hybridized carbons (Fsp3) is 0.316. The van der Waals surface area contributed by atoms with Gasteiger partial charge < -0.3 is 24.8 Å². The van der Waals surface area contributed by atoms with Crippen LogP contribution in [-0.4, -0.2) is 49.5 Å². The topological polar surface area (TPSA) is 110 Å². The highest BCUT2D eigenvalue weighted by Crippen LogP contribution is 2.34. The summed E-state index contributed by atoms with van der Waals surface area (Å²) in [5.41, 5.74) is 2.01. The van der Waals surface area contributed by atoms with Crippen LogP contribution >= 0.6 is 0 Å². The molecule has 3 heterocycles. The average molecular weight is 368 g/mol. The Labute approximate surface area is 155 Å². The van der Waals surface area contributed by atoms with Crippen LogP contribution in [0.3, 0.4) is 0 Å². The van der Waals surface area contributed by atoms with Crippen LogP contribution in [0.2, 0.25) is 0 Å². The standard InChI is InChI=1S/C19H20N4O4/c1-11-8-23(15-7-13(25)14(9-24)27-15)18-16(11)17(20-10-21-18)22-19(26)12-5-3-2-4-6-12/h2-6,8,10,13-15,24-25H,7,9H2,1H3,(H,20,21,22,26)/t13-,14+,15+/m0/s1. The minimum absolute atomic E-state index is 0.247. The van der Waals surface area contributed by atoms with Gasteiger partial charge in [-0.3, -0.25) is 4.79 Å². The smallest absolute Gasteiger partial charge is 0.256 e. The Morgan fingerprint density at radius 3 is 2.81 bits per heavy atom. The number of nitrogens with one attached hydrogen (secondary N) is 1. The van der Waals surface area contributed by atoms with Crippen molar-refractivity contribution in [1.82, 2.24) is 14.5 Å². The molecule has 1 aliphatic heterocycles. The van der Waals surface area contributed by atoms with E-state index in [0.29, 0.717) is 28.8 Å². The Bertz CT molecular complexity index is 973. The number of amides is 1. The van der Waals surface area contributed by atoms with Crippen LogP contribution in [0, 0.1) is 6.92 Å². The summed E-state index contributed by atoms with van der Waals surface area (Å²) in [5, 5.41) is 22.9. The molecule has 8 heteroatoms. The van der Waals surface area contributed by atoms with E-state index >= 15 is 0 Å². The number of aryl methyl sites for hydroxylation is 1. The van der Waals surface area contributed by atoms with Gasteiger partial charge in [-0.1, -0.05) is 18.2 Å². The summed E-state index contributed by atoms with van der Waals surface area (Å²) in [4.78, 5) is 21.1. The molecule has 0 bridgehead atoms. The van der Waals surface area contributed by atoms with Crippen molar-refractivity contribution in [3.63, 3.8) is 0 Å². The SMILES string of the molecule is Cc1cn([C@H]2C[C@H](O)[C@@H](CO)O2)c2ncnc(NC(=O)c3ccccc3)c12. The second-order valence-corrected chi connectivity index (χ2v) is 6.58. The lowest BCUT2D eigenvalue weighted by Crippen LogP contribution is -2.24. The number of hydrogen-bond acceptors (Lipinski definition) is 6. The average Bonchev–Trinajstić information content (AvgIpc) is 3.23. The van der Waals surface area contributed by atoms with E-state index in [1.807, 2.05) is 23.8 Å². The first-order chi connectivity index (χ1) is 13.1. The summed E-state index contributed by atoms with van der Waals surface area (Å²) in [6, 6.07) is 8.90. The fourth-order valence-corrected chi connectivity index (χ4v) is 3.40. The van der Waals surface area contributed by atoms with Crippen molar-refractivity contribution in [2.75, 3.05) is 11.9 Å². The normalized spacial score (nSPS) is 22.3. The molecule has 4 rings (SSSR count). The molecule has 0 saturated carbocycles. The van der Waals surface area contributed by atoms with Gasteiger partial charge in [-0.15, -0.1) is 0 Å². The number of aliphatic hydroxyl groups is 2. The van der Waals surface area contributed by atoms with Crippen LogP contribution in [0.5, 0.6) is 0 Å². The predicted octanol–water partition coefficient (Wildman–Crippen LogP) is 1.63. The van der Waals surface area contributed by atoms with E-state index in [0.717, 1.165) is 5.56 Å². The quantitative estimate of drug-likeness (QED) is 0.646. The van der Waals surface area contributed by atoms with E-state index in [-0.39, 0.29) is 12.5 Å². The lowest BCUT2D eigenvalue weighted by atomic mass is 10.2. The molecule has 8 nitrogen and oxygen atoms in total. The van der Waals surface area contributed by atoms with Gasteiger partial charge in [-0.05, 0) is 24.6 Å². The van der Waals surface area contributed by atoms with E-state index in [2.05, 4.69) is 15.3 Å². The number of rotatable bonds is 4. The number of aromatic nitrogens is 3. The molecular weight excluding hydrogens is 348 g/mol. The maximum Gasteiger partial charge on any atom is 0.256 e. The van der Waals surface area contributed by atoms with Crippen LogP contribution in [0.25, 0.3) is 11.0 Å². The van der Waals surface area contributed by atoms with E-state index in [4.69, 9.17) is 4.74 Å². The molecule has 0 aliphatic carbocycles. The first kappa shape index (κ1) is 17.6. The Hall–Kier alpha value is -2.81. The summed E-state index contributed by atoms with van der Waals surface area (Å²) in [6.07, 6.45) is 1.79. The molecule has 27 heavy (non-hydrogen) atoms. The Morgan fingerprint density at radius 2 is 2.11 bits per heavy atom. The summed E-state index contributed by atoms with van der Waals surface area (Å²) >= 11 is 0. The number of fused-ring (bicyclic) bond motifs is 1. The molecule has 0 radical (unpaired) electrons. The highest BCUT2D eigenvalue weighted by Gasteiger charge is 2.35. The fourth-order valence-electron chi connectivity index (χ4n) is 3.40. The monoisotopic (exact) mass is 368 g/mol. The van der Waals surface area contributed by atoms with Crippen molar-refractivity contribution in [2.24, 2.45) is 0 Å². The molecule has 1 amide bonds. The van der Waals surface area contributed by atoms with Crippen molar-refractivity contribution >= 4 is 22.8 Å². The second kappa shape index (κ2) is 7.07. The number of carbonyl (C=O) groups excluding carboxylic acids is 1. The summed E-state index contributed by atoms with van der Waals surface area (Å²) in [7, 11) is 0. The van der Waals surface area contributed by atoms with Gasteiger partial charge in [0, 0.05) is 18.2 Å². The minimum atomic E-state index is -0.739.